The van der Waals surface area contributed by atoms with E-state index in [-0.39, 0.29) is 10.6 Å². The predicted octanol–water partition coefficient (Wildman–Crippen LogP) is 1.32. The summed E-state index contributed by atoms with van der Waals surface area (Å²) in [5.74, 6) is 1.25. The molecule has 20 heavy (non-hydrogen) atoms. The van der Waals surface area contributed by atoms with Gasteiger partial charge >= 0.3 is 0 Å². The number of fused-ring (bicyclic) bond motifs is 1. The summed E-state index contributed by atoms with van der Waals surface area (Å²) >= 11 is 0. The molecule has 2 saturated heterocycles. The number of pyridine rings is 1. The van der Waals surface area contributed by atoms with Crippen molar-refractivity contribution in [3.63, 3.8) is 0 Å². The van der Waals surface area contributed by atoms with Crippen molar-refractivity contribution in [3.8, 4) is 0 Å². The Balaban J connectivity index is 1.85. The standard InChI is InChI=1S/C13H19N5O2/c1-14-12-7-11(18(19)20)8-13(15-12)17-6-5-16-4-2-3-10(16)9-17/h7-8,10H,2-6,9H2,1H3,(H,14,15). The van der Waals surface area contributed by atoms with Crippen LogP contribution < -0.4 is 10.2 Å². The second kappa shape index (κ2) is 5.24. The van der Waals surface area contributed by atoms with Crippen LogP contribution in [0.5, 0.6) is 0 Å². The van der Waals surface area contributed by atoms with Crippen LogP contribution in [0.2, 0.25) is 0 Å². The maximum Gasteiger partial charge on any atom is 0.276 e. The Morgan fingerprint density at radius 2 is 2.25 bits per heavy atom. The highest BCUT2D eigenvalue weighted by molar-refractivity contribution is 5.56. The summed E-state index contributed by atoms with van der Waals surface area (Å²) in [5, 5.41) is 13.9. The molecule has 7 nitrogen and oxygen atoms in total. The van der Waals surface area contributed by atoms with Gasteiger partial charge in [-0.05, 0) is 19.4 Å². The van der Waals surface area contributed by atoms with Gasteiger partial charge in [-0.3, -0.25) is 15.0 Å². The molecule has 0 amide bonds. The molecular weight excluding hydrogens is 258 g/mol. The number of nitro groups is 1. The third-order valence-corrected chi connectivity index (χ3v) is 4.17. The van der Waals surface area contributed by atoms with Crippen LogP contribution in [0.15, 0.2) is 12.1 Å². The van der Waals surface area contributed by atoms with Crippen molar-refractivity contribution in [2.45, 2.75) is 18.9 Å². The van der Waals surface area contributed by atoms with E-state index in [1.807, 2.05) is 0 Å². The predicted molar refractivity (Wildman–Crippen MR) is 77.2 cm³/mol. The van der Waals surface area contributed by atoms with E-state index >= 15 is 0 Å². The molecule has 2 aliphatic rings. The molecule has 1 N–H and O–H groups in total. The SMILES string of the molecule is CNc1cc([N+](=O)[O-])cc(N2CCN3CCCC3C2)n1. The van der Waals surface area contributed by atoms with Gasteiger partial charge in [0.15, 0.2) is 0 Å². The highest BCUT2D eigenvalue weighted by Crippen LogP contribution is 2.28. The van der Waals surface area contributed by atoms with Gasteiger partial charge in [-0.25, -0.2) is 4.98 Å². The average molecular weight is 277 g/mol. The van der Waals surface area contributed by atoms with Crippen LogP contribution in [-0.4, -0.2) is 54.1 Å². The fourth-order valence-electron chi connectivity index (χ4n) is 3.10. The van der Waals surface area contributed by atoms with Crippen LogP contribution in [0, 0.1) is 10.1 Å². The Hall–Kier alpha value is -1.89. The zero-order valence-electron chi connectivity index (χ0n) is 11.6. The first-order valence-corrected chi connectivity index (χ1v) is 7.00. The van der Waals surface area contributed by atoms with Gasteiger partial charge in [0.05, 0.1) is 17.1 Å². The van der Waals surface area contributed by atoms with Crippen molar-refractivity contribution in [2.75, 3.05) is 43.4 Å². The Morgan fingerprint density at radius 3 is 3.00 bits per heavy atom. The lowest BCUT2D eigenvalue weighted by atomic mass is 10.1. The van der Waals surface area contributed by atoms with Crippen LogP contribution in [0.4, 0.5) is 17.3 Å². The lowest BCUT2D eigenvalue weighted by Gasteiger charge is -2.38. The summed E-state index contributed by atoms with van der Waals surface area (Å²) in [7, 11) is 1.73. The molecule has 1 unspecified atom stereocenters. The summed E-state index contributed by atoms with van der Waals surface area (Å²) in [5.41, 5.74) is 0.0909. The normalized spacial score (nSPS) is 22.6. The zero-order valence-corrected chi connectivity index (χ0v) is 11.6. The van der Waals surface area contributed by atoms with Crippen molar-refractivity contribution >= 4 is 17.3 Å². The minimum atomic E-state index is -0.363. The number of hydrogen-bond acceptors (Lipinski definition) is 6. The van der Waals surface area contributed by atoms with Crippen molar-refractivity contribution in [2.24, 2.45) is 0 Å². The fourth-order valence-corrected chi connectivity index (χ4v) is 3.10. The second-order valence-corrected chi connectivity index (χ2v) is 5.35. The van der Waals surface area contributed by atoms with Crippen molar-refractivity contribution in [1.29, 1.82) is 0 Å². The molecule has 1 aromatic heterocycles. The number of anilines is 2. The molecule has 0 bridgehead atoms. The van der Waals surface area contributed by atoms with Gasteiger partial charge in [0.2, 0.25) is 0 Å². The molecule has 108 valence electrons. The van der Waals surface area contributed by atoms with Gasteiger partial charge in [0.1, 0.15) is 11.6 Å². The van der Waals surface area contributed by atoms with Crippen LogP contribution in [0.1, 0.15) is 12.8 Å². The molecule has 0 spiro atoms. The van der Waals surface area contributed by atoms with Crippen molar-refractivity contribution < 1.29 is 4.92 Å². The van der Waals surface area contributed by atoms with E-state index < -0.39 is 0 Å². The number of aromatic nitrogens is 1. The van der Waals surface area contributed by atoms with E-state index in [0.717, 1.165) is 19.6 Å². The first-order valence-electron chi connectivity index (χ1n) is 7.00. The molecule has 2 aliphatic heterocycles. The number of hydrogen-bond donors (Lipinski definition) is 1. The number of nitrogens with one attached hydrogen (secondary N) is 1. The summed E-state index contributed by atoms with van der Waals surface area (Å²) < 4.78 is 0. The van der Waals surface area contributed by atoms with Gasteiger partial charge in [-0.1, -0.05) is 0 Å². The fraction of sp³-hybridized carbons (Fsp3) is 0.615. The largest absolute Gasteiger partial charge is 0.373 e. The molecule has 0 aliphatic carbocycles. The Bertz CT molecular complexity index is 521. The second-order valence-electron chi connectivity index (χ2n) is 5.35. The minimum Gasteiger partial charge on any atom is -0.373 e. The number of piperazine rings is 1. The lowest BCUT2D eigenvalue weighted by Crippen LogP contribution is -2.50. The molecule has 0 saturated carbocycles. The summed E-state index contributed by atoms with van der Waals surface area (Å²) in [6.07, 6.45) is 2.47. The van der Waals surface area contributed by atoms with E-state index in [1.54, 1.807) is 13.1 Å². The highest BCUT2D eigenvalue weighted by Gasteiger charge is 2.31. The van der Waals surface area contributed by atoms with E-state index in [4.69, 9.17) is 0 Å². The topological polar surface area (TPSA) is 74.5 Å². The van der Waals surface area contributed by atoms with Crippen LogP contribution >= 0.6 is 0 Å². The molecule has 7 heteroatoms. The zero-order chi connectivity index (χ0) is 14.1. The minimum absolute atomic E-state index is 0.0909. The highest BCUT2D eigenvalue weighted by atomic mass is 16.6. The van der Waals surface area contributed by atoms with Crippen molar-refractivity contribution in [3.05, 3.63) is 22.2 Å². The first kappa shape index (κ1) is 13.1. The summed E-state index contributed by atoms with van der Waals surface area (Å²) in [4.78, 5) is 19.8. The molecule has 0 radical (unpaired) electrons. The molecular formula is C13H19N5O2. The molecule has 1 aromatic rings. The smallest absolute Gasteiger partial charge is 0.276 e. The monoisotopic (exact) mass is 277 g/mol. The van der Waals surface area contributed by atoms with Gasteiger partial charge in [-0.15, -0.1) is 0 Å². The number of rotatable bonds is 3. The maximum absolute atomic E-state index is 11.0. The van der Waals surface area contributed by atoms with Gasteiger partial charge in [0, 0.05) is 32.7 Å². The van der Waals surface area contributed by atoms with E-state index in [0.29, 0.717) is 17.7 Å². The van der Waals surface area contributed by atoms with Crippen LogP contribution in [0.25, 0.3) is 0 Å². The van der Waals surface area contributed by atoms with Gasteiger partial charge in [-0.2, -0.15) is 0 Å². The van der Waals surface area contributed by atoms with Crippen LogP contribution in [0.3, 0.4) is 0 Å². The van der Waals surface area contributed by atoms with Gasteiger partial charge in [0.25, 0.3) is 5.69 Å². The number of nitrogens with zero attached hydrogens (tertiary/aromatic N) is 4. The van der Waals surface area contributed by atoms with E-state index in [2.05, 4.69) is 20.1 Å². The van der Waals surface area contributed by atoms with E-state index in [9.17, 15) is 10.1 Å². The first-order chi connectivity index (χ1) is 9.67. The molecule has 0 aromatic carbocycles. The third kappa shape index (κ3) is 2.40. The van der Waals surface area contributed by atoms with E-state index in [1.165, 1.54) is 25.5 Å². The van der Waals surface area contributed by atoms with Crippen LogP contribution in [-0.2, 0) is 0 Å². The molecule has 2 fully saturated rings. The summed E-state index contributed by atoms with van der Waals surface area (Å²) in [6, 6.07) is 3.61. The molecule has 3 heterocycles. The molecule has 1 atom stereocenters. The van der Waals surface area contributed by atoms with Gasteiger partial charge < -0.3 is 10.2 Å². The summed E-state index contributed by atoms with van der Waals surface area (Å²) in [6.45, 7) is 4.00. The molecule has 3 rings (SSSR count). The third-order valence-electron chi connectivity index (χ3n) is 4.17. The maximum atomic E-state index is 11.0. The van der Waals surface area contributed by atoms with Crippen molar-refractivity contribution in [1.82, 2.24) is 9.88 Å². The Labute approximate surface area is 117 Å². The Morgan fingerprint density at radius 1 is 1.40 bits per heavy atom. The quantitative estimate of drug-likeness (QED) is 0.663. The average Bonchev–Trinajstić information content (AvgIpc) is 2.94. The lowest BCUT2D eigenvalue weighted by molar-refractivity contribution is -0.384. The Kier molecular flexibility index (Phi) is 3.43.